The fourth-order valence-corrected chi connectivity index (χ4v) is 4.68. The molecule has 0 unspecified atom stereocenters. The molecular weight excluding hydrogens is 393 g/mol. The van der Waals surface area contributed by atoms with Crippen molar-refractivity contribution < 1.29 is 17.6 Å². The number of nitrogens with zero attached hydrogens (tertiary/aromatic N) is 2. The van der Waals surface area contributed by atoms with E-state index in [2.05, 4.69) is 10.2 Å². The second-order valence-corrected chi connectivity index (χ2v) is 9.15. The first kappa shape index (κ1) is 21.4. The Kier molecular flexibility index (Phi) is 7.00. The molecule has 1 aliphatic rings. The summed E-state index contributed by atoms with van der Waals surface area (Å²) in [6, 6.07) is 12.8. The fourth-order valence-electron chi connectivity index (χ4n) is 3.26. The zero-order chi connectivity index (χ0) is 20.9. The van der Waals surface area contributed by atoms with Crippen LogP contribution in [0.3, 0.4) is 0 Å². The largest absolute Gasteiger partial charge is 0.355 e. The quantitative estimate of drug-likeness (QED) is 0.743. The van der Waals surface area contributed by atoms with Crippen LogP contribution < -0.4 is 5.32 Å². The van der Waals surface area contributed by atoms with Gasteiger partial charge in [-0.1, -0.05) is 29.8 Å². The highest BCUT2D eigenvalue weighted by Crippen LogP contribution is 2.18. The number of hydrogen-bond acceptors (Lipinski definition) is 4. The number of hydrogen-bond donors (Lipinski definition) is 1. The van der Waals surface area contributed by atoms with Crippen LogP contribution >= 0.6 is 0 Å². The molecule has 29 heavy (non-hydrogen) atoms. The van der Waals surface area contributed by atoms with Crippen LogP contribution in [0.4, 0.5) is 4.39 Å². The molecule has 1 aliphatic heterocycles. The summed E-state index contributed by atoms with van der Waals surface area (Å²) in [4.78, 5) is 14.5. The SMILES string of the molecule is Cc1ccc(S(=O)(=O)N2CCN(CCNC(=O)Cc3ccc(F)cc3)CC2)cc1. The van der Waals surface area contributed by atoms with E-state index in [4.69, 9.17) is 0 Å². The van der Waals surface area contributed by atoms with E-state index < -0.39 is 10.0 Å². The molecule has 0 atom stereocenters. The fraction of sp³-hybridized carbons (Fsp3) is 0.381. The van der Waals surface area contributed by atoms with Crippen molar-refractivity contribution in [2.45, 2.75) is 18.2 Å². The molecule has 0 aliphatic carbocycles. The Hall–Kier alpha value is -2.29. The molecule has 8 heteroatoms. The number of nitrogens with one attached hydrogen (secondary N) is 1. The normalized spacial score (nSPS) is 15.9. The molecule has 156 valence electrons. The molecule has 1 amide bonds. The van der Waals surface area contributed by atoms with Crippen molar-refractivity contribution in [1.29, 1.82) is 0 Å². The lowest BCUT2D eigenvalue weighted by Crippen LogP contribution is -2.50. The summed E-state index contributed by atoms with van der Waals surface area (Å²) in [6.45, 7) is 5.18. The van der Waals surface area contributed by atoms with E-state index in [1.807, 2.05) is 6.92 Å². The zero-order valence-electron chi connectivity index (χ0n) is 16.5. The van der Waals surface area contributed by atoms with Crippen molar-refractivity contribution in [3.05, 3.63) is 65.5 Å². The molecule has 1 saturated heterocycles. The van der Waals surface area contributed by atoms with Gasteiger partial charge < -0.3 is 5.32 Å². The second kappa shape index (κ2) is 9.47. The molecule has 0 bridgehead atoms. The lowest BCUT2D eigenvalue weighted by molar-refractivity contribution is -0.120. The summed E-state index contributed by atoms with van der Waals surface area (Å²) in [5, 5.41) is 2.86. The first-order chi connectivity index (χ1) is 13.8. The summed E-state index contributed by atoms with van der Waals surface area (Å²) in [7, 11) is -3.46. The predicted molar refractivity (Wildman–Crippen MR) is 109 cm³/mol. The Bertz CT molecular complexity index is 923. The number of piperazine rings is 1. The highest BCUT2D eigenvalue weighted by molar-refractivity contribution is 7.89. The van der Waals surface area contributed by atoms with Crippen molar-refractivity contribution in [3.63, 3.8) is 0 Å². The van der Waals surface area contributed by atoms with E-state index >= 15 is 0 Å². The molecule has 1 fully saturated rings. The number of benzene rings is 2. The standard InChI is InChI=1S/C21H26FN3O3S/c1-17-2-8-20(9-3-17)29(27,28)25-14-12-24(13-15-25)11-10-23-21(26)16-18-4-6-19(22)7-5-18/h2-9H,10-16H2,1H3,(H,23,26). The van der Waals surface area contributed by atoms with Crippen LogP contribution in [-0.2, 0) is 21.2 Å². The molecule has 0 radical (unpaired) electrons. The number of carbonyl (C=O) groups is 1. The topological polar surface area (TPSA) is 69.7 Å². The third-order valence-electron chi connectivity index (χ3n) is 5.02. The summed E-state index contributed by atoms with van der Waals surface area (Å²) < 4.78 is 39.9. The first-order valence-electron chi connectivity index (χ1n) is 9.65. The molecule has 0 aromatic heterocycles. The van der Waals surface area contributed by atoms with Gasteiger partial charge in [0, 0.05) is 39.3 Å². The van der Waals surface area contributed by atoms with E-state index in [0.29, 0.717) is 44.2 Å². The minimum absolute atomic E-state index is 0.114. The van der Waals surface area contributed by atoms with Crippen LogP contribution in [0.25, 0.3) is 0 Å². The minimum atomic E-state index is -3.46. The van der Waals surface area contributed by atoms with Crippen molar-refractivity contribution >= 4 is 15.9 Å². The van der Waals surface area contributed by atoms with Gasteiger partial charge in [-0.25, -0.2) is 12.8 Å². The van der Waals surface area contributed by atoms with Crippen LogP contribution in [0.5, 0.6) is 0 Å². The van der Waals surface area contributed by atoms with Crippen LogP contribution in [0.15, 0.2) is 53.4 Å². The Morgan fingerprint density at radius 1 is 1.00 bits per heavy atom. The molecule has 0 spiro atoms. The molecule has 3 rings (SSSR count). The van der Waals surface area contributed by atoms with E-state index in [0.717, 1.165) is 11.1 Å². The van der Waals surface area contributed by atoms with Crippen LogP contribution in [0.2, 0.25) is 0 Å². The van der Waals surface area contributed by atoms with Gasteiger partial charge >= 0.3 is 0 Å². The summed E-state index contributed by atoms with van der Waals surface area (Å²) >= 11 is 0. The third-order valence-corrected chi connectivity index (χ3v) is 6.93. The van der Waals surface area contributed by atoms with Crippen molar-refractivity contribution in [3.8, 4) is 0 Å². The molecule has 1 heterocycles. The Balaban J connectivity index is 1.41. The summed E-state index contributed by atoms with van der Waals surface area (Å²) in [6.07, 6.45) is 0.211. The summed E-state index contributed by atoms with van der Waals surface area (Å²) in [5.74, 6) is -0.435. The van der Waals surface area contributed by atoms with Gasteiger partial charge in [0.2, 0.25) is 15.9 Å². The van der Waals surface area contributed by atoms with E-state index in [1.165, 1.54) is 16.4 Å². The molecule has 2 aromatic carbocycles. The van der Waals surface area contributed by atoms with Crippen LogP contribution in [0, 0.1) is 12.7 Å². The highest BCUT2D eigenvalue weighted by atomic mass is 32.2. The molecular formula is C21H26FN3O3S. The summed E-state index contributed by atoms with van der Waals surface area (Å²) in [5.41, 5.74) is 1.79. The first-order valence-corrected chi connectivity index (χ1v) is 11.1. The van der Waals surface area contributed by atoms with E-state index in [1.54, 1.807) is 36.4 Å². The van der Waals surface area contributed by atoms with E-state index in [9.17, 15) is 17.6 Å². The molecule has 1 N–H and O–H groups in total. The van der Waals surface area contributed by atoms with Gasteiger partial charge in [-0.15, -0.1) is 0 Å². The smallest absolute Gasteiger partial charge is 0.243 e. The molecule has 0 saturated carbocycles. The Morgan fingerprint density at radius 2 is 1.62 bits per heavy atom. The predicted octanol–water partition coefficient (Wildman–Crippen LogP) is 1.80. The van der Waals surface area contributed by atoms with Crippen molar-refractivity contribution in [1.82, 2.24) is 14.5 Å². The van der Waals surface area contributed by atoms with Gasteiger partial charge in [0.05, 0.1) is 11.3 Å². The maximum atomic E-state index is 12.9. The molecule has 6 nitrogen and oxygen atoms in total. The Morgan fingerprint density at radius 3 is 2.24 bits per heavy atom. The van der Waals surface area contributed by atoms with Crippen molar-refractivity contribution in [2.24, 2.45) is 0 Å². The number of aryl methyl sites for hydroxylation is 1. The monoisotopic (exact) mass is 419 g/mol. The number of amides is 1. The third kappa shape index (κ3) is 5.85. The average molecular weight is 420 g/mol. The van der Waals surface area contributed by atoms with Gasteiger partial charge in [0.15, 0.2) is 0 Å². The zero-order valence-corrected chi connectivity index (χ0v) is 17.3. The average Bonchev–Trinajstić information content (AvgIpc) is 2.70. The lowest BCUT2D eigenvalue weighted by atomic mass is 10.1. The maximum Gasteiger partial charge on any atom is 0.243 e. The van der Waals surface area contributed by atoms with Gasteiger partial charge in [-0.2, -0.15) is 4.31 Å². The molecule has 2 aromatic rings. The minimum Gasteiger partial charge on any atom is -0.355 e. The maximum absolute atomic E-state index is 12.9. The van der Waals surface area contributed by atoms with Crippen LogP contribution in [-0.4, -0.2) is 62.8 Å². The number of carbonyl (C=O) groups excluding carboxylic acids is 1. The number of sulfonamides is 1. The number of rotatable bonds is 7. The van der Waals surface area contributed by atoms with Crippen LogP contribution in [0.1, 0.15) is 11.1 Å². The van der Waals surface area contributed by atoms with Gasteiger partial charge in [0.1, 0.15) is 5.82 Å². The Labute approximate surface area is 171 Å². The number of halogens is 1. The van der Waals surface area contributed by atoms with Crippen molar-refractivity contribution in [2.75, 3.05) is 39.3 Å². The van der Waals surface area contributed by atoms with Gasteiger partial charge in [-0.3, -0.25) is 9.69 Å². The lowest BCUT2D eigenvalue weighted by Gasteiger charge is -2.34. The van der Waals surface area contributed by atoms with Gasteiger partial charge in [0.25, 0.3) is 0 Å². The van der Waals surface area contributed by atoms with E-state index in [-0.39, 0.29) is 18.1 Å². The highest BCUT2D eigenvalue weighted by Gasteiger charge is 2.28. The second-order valence-electron chi connectivity index (χ2n) is 7.21. The van der Waals surface area contributed by atoms with Gasteiger partial charge in [-0.05, 0) is 36.8 Å².